The van der Waals surface area contributed by atoms with E-state index in [0.717, 1.165) is 5.56 Å². The van der Waals surface area contributed by atoms with Crippen molar-refractivity contribution in [3.05, 3.63) is 35.9 Å². The molecule has 29 heavy (non-hydrogen) atoms. The molecule has 1 aliphatic heterocycles. The topological polar surface area (TPSA) is 69.7 Å². The van der Waals surface area contributed by atoms with Crippen LogP contribution in [0.25, 0.3) is 0 Å². The number of amides is 3. The summed E-state index contributed by atoms with van der Waals surface area (Å²) in [5, 5.41) is 2.93. The van der Waals surface area contributed by atoms with Crippen LogP contribution < -0.4 is 5.32 Å². The molecule has 6 nitrogen and oxygen atoms in total. The van der Waals surface area contributed by atoms with Gasteiger partial charge >= 0.3 is 0 Å². The van der Waals surface area contributed by atoms with Crippen LogP contribution in [0, 0.1) is 11.8 Å². The second-order valence-corrected chi connectivity index (χ2v) is 8.12. The third-order valence-electron chi connectivity index (χ3n) is 5.51. The van der Waals surface area contributed by atoms with Crippen LogP contribution in [0.4, 0.5) is 0 Å². The molecule has 0 bridgehead atoms. The second-order valence-electron chi connectivity index (χ2n) is 8.12. The van der Waals surface area contributed by atoms with Crippen molar-refractivity contribution in [2.24, 2.45) is 11.8 Å². The summed E-state index contributed by atoms with van der Waals surface area (Å²) in [5.74, 6) is 0.177. The standard InChI is InChI=1S/C23H35N3O3/c1-5-25(6-2)22(28)19-12-14-26(15-13-19)23(29)21(18-10-8-7-9-11-18)24-20(27)16-17(3)4/h7-11,17,19,21H,5-6,12-16H2,1-4H3,(H,24,27). The highest BCUT2D eigenvalue weighted by molar-refractivity contribution is 5.89. The molecule has 3 amide bonds. The highest BCUT2D eigenvalue weighted by Crippen LogP contribution is 2.24. The number of piperidine rings is 1. The average Bonchev–Trinajstić information content (AvgIpc) is 2.72. The van der Waals surface area contributed by atoms with Gasteiger partial charge < -0.3 is 15.1 Å². The number of hydrogen-bond acceptors (Lipinski definition) is 3. The van der Waals surface area contributed by atoms with Crippen molar-refractivity contribution >= 4 is 17.7 Å². The molecule has 6 heteroatoms. The molecule has 1 aliphatic rings. The first-order valence-electron chi connectivity index (χ1n) is 10.8. The molecule has 0 aliphatic carbocycles. The van der Waals surface area contributed by atoms with Gasteiger partial charge in [0.25, 0.3) is 0 Å². The van der Waals surface area contributed by atoms with Gasteiger partial charge in [0.05, 0.1) is 0 Å². The molecule has 1 atom stereocenters. The van der Waals surface area contributed by atoms with Crippen LogP contribution in [0.1, 0.15) is 58.6 Å². The Hall–Kier alpha value is -2.37. The summed E-state index contributed by atoms with van der Waals surface area (Å²) >= 11 is 0. The fourth-order valence-electron chi connectivity index (χ4n) is 3.85. The largest absolute Gasteiger partial charge is 0.343 e. The number of likely N-dealkylation sites (tertiary alicyclic amines) is 1. The maximum absolute atomic E-state index is 13.3. The summed E-state index contributed by atoms with van der Waals surface area (Å²) < 4.78 is 0. The summed E-state index contributed by atoms with van der Waals surface area (Å²) in [7, 11) is 0. The van der Waals surface area contributed by atoms with E-state index in [1.165, 1.54) is 0 Å². The second kappa shape index (κ2) is 11.0. The number of hydrogen-bond donors (Lipinski definition) is 1. The maximum Gasteiger partial charge on any atom is 0.249 e. The summed E-state index contributed by atoms with van der Waals surface area (Å²) in [6.07, 6.45) is 1.72. The van der Waals surface area contributed by atoms with Gasteiger partial charge in [-0.3, -0.25) is 14.4 Å². The smallest absolute Gasteiger partial charge is 0.249 e. The van der Waals surface area contributed by atoms with Crippen molar-refractivity contribution < 1.29 is 14.4 Å². The molecule has 160 valence electrons. The SMILES string of the molecule is CCN(CC)C(=O)C1CCN(C(=O)C(NC(=O)CC(C)C)c2ccccc2)CC1. The van der Waals surface area contributed by atoms with Gasteiger partial charge in [0.1, 0.15) is 6.04 Å². The first-order chi connectivity index (χ1) is 13.9. The Morgan fingerprint density at radius 1 is 1.07 bits per heavy atom. The van der Waals surface area contributed by atoms with E-state index in [0.29, 0.717) is 45.4 Å². The summed E-state index contributed by atoms with van der Waals surface area (Å²) in [5.41, 5.74) is 0.788. The van der Waals surface area contributed by atoms with E-state index < -0.39 is 6.04 Å². The fraction of sp³-hybridized carbons (Fsp3) is 0.609. The van der Waals surface area contributed by atoms with Crippen LogP contribution in [-0.2, 0) is 14.4 Å². The van der Waals surface area contributed by atoms with Crippen LogP contribution in [0.2, 0.25) is 0 Å². The predicted molar refractivity (Wildman–Crippen MR) is 114 cm³/mol. The molecule has 1 heterocycles. The summed E-state index contributed by atoms with van der Waals surface area (Å²) in [6.45, 7) is 10.5. The summed E-state index contributed by atoms with van der Waals surface area (Å²) in [6, 6.07) is 8.70. The molecular formula is C23H35N3O3. The van der Waals surface area contributed by atoms with Crippen LogP contribution in [-0.4, -0.2) is 53.7 Å². The molecule has 1 aromatic rings. The summed E-state index contributed by atoms with van der Waals surface area (Å²) in [4.78, 5) is 41.9. The lowest BCUT2D eigenvalue weighted by Crippen LogP contribution is -2.48. The highest BCUT2D eigenvalue weighted by Gasteiger charge is 2.33. The third-order valence-corrected chi connectivity index (χ3v) is 5.51. The molecular weight excluding hydrogens is 366 g/mol. The van der Waals surface area contributed by atoms with E-state index in [1.807, 2.05) is 62.9 Å². The van der Waals surface area contributed by atoms with Crippen molar-refractivity contribution in [3.63, 3.8) is 0 Å². The number of carbonyl (C=O) groups is 3. The van der Waals surface area contributed by atoms with Crippen molar-refractivity contribution in [2.45, 2.75) is 53.0 Å². The lowest BCUT2D eigenvalue weighted by atomic mass is 9.94. The van der Waals surface area contributed by atoms with Gasteiger partial charge in [-0.2, -0.15) is 0 Å². The Morgan fingerprint density at radius 3 is 2.17 bits per heavy atom. The Morgan fingerprint density at radius 2 is 1.66 bits per heavy atom. The minimum atomic E-state index is -0.683. The Bertz CT molecular complexity index is 678. The number of rotatable bonds is 8. The minimum Gasteiger partial charge on any atom is -0.343 e. The monoisotopic (exact) mass is 401 g/mol. The molecule has 1 unspecified atom stereocenters. The van der Waals surface area contributed by atoms with Gasteiger partial charge in [-0.05, 0) is 38.2 Å². The lowest BCUT2D eigenvalue weighted by Gasteiger charge is -2.35. The van der Waals surface area contributed by atoms with Gasteiger partial charge in [-0.1, -0.05) is 44.2 Å². The highest BCUT2D eigenvalue weighted by atomic mass is 16.2. The zero-order valence-electron chi connectivity index (χ0n) is 18.2. The van der Waals surface area contributed by atoms with E-state index in [2.05, 4.69) is 5.32 Å². The van der Waals surface area contributed by atoms with E-state index in [9.17, 15) is 14.4 Å². The molecule has 0 radical (unpaired) electrons. The van der Waals surface area contributed by atoms with Gasteiger partial charge in [-0.25, -0.2) is 0 Å². The molecule has 0 saturated carbocycles. The Kier molecular flexibility index (Phi) is 8.68. The quantitative estimate of drug-likeness (QED) is 0.728. The zero-order chi connectivity index (χ0) is 21.4. The van der Waals surface area contributed by atoms with Crippen molar-refractivity contribution in [1.29, 1.82) is 0 Å². The molecule has 1 saturated heterocycles. The van der Waals surface area contributed by atoms with Crippen molar-refractivity contribution in [3.8, 4) is 0 Å². The molecule has 1 fully saturated rings. The molecule has 1 N–H and O–H groups in total. The minimum absolute atomic E-state index is 0.0235. The number of nitrogens with one attached hydrogen (secondary N) is 1. The first-order valence-corrected chi connectivity index (χ1v) is 10.8. The molecule has 0 aromatic heterocycles. The van der Waals surface area contributed by atoms with E-state index in [1.54, 1.807) is 4.90 Å². The Balaban J connectivity index is 2.06. The molecule has 2 rings (SSSR count). The van der Waals surface area contributed by atoms with Crippen LogP contribution in [0.15, 0.2) is 30.3 Å². The maximum atomic E-state index is 13.3. The van der Waals surface area contributed by atoms with Gasteiger partial charge in [0, 0.05) is 38.5 Å². The Labute approximate surface area is 174 Å². The molecule has 0 spiro atoms. The van der Waals surface area contributed by atoms with E-state index in [-0.39, 0.29) is 29.6 Å². The van der Waals surface area contributed by atoms with Crippen molar-refractivity contribution in [1.82, 2.24) is 15.1 Å². The average molecular weight is 402 g/mol. The van der Waals surface area contributed by atoms with Crippen LogP contribution >= 0.6 is 0 Å². The third kappa shape index (κ3) is 6.31. The van der Waals surface area contributed by atoms with Crippen LogP contribution in [0.3, 0.4) is 0 Å². The van der Waals surface area contributed by atoms with Gasteiger partial charge in [-0.15, -0.1) is 0 Å². The number of benzene rings is 1. The number of carbonyl (C=O) groups excluding carboxylic acids is 3. The van der Waals surface area contributed by atoms with E-state index in [4.69, 9.17) is 0 Å². The van der Waals surface area contributed by atoms with Crippen molar-refractivity contribution in [2.75, 3.05) is 26.2 Å². The predicted octanol–water partition coefficient (Wildman–Crippen LogP) is 3.00. The first kappa shape index (κ1) is 22.9. The fourth-order valence-corrected chi connectivity index (χ4v) is 3.85. The normalized spacial score (nSPS) is 15.8. The lowest BCUT2D eigenvalue weighted by molar-refractivity contribution is -0.142. The van der Waals surface area contributed by atoms with Gasteiger partial charge in [0.2, 0.25) is 17.7 Å². The zero-order valence-corrected chi connectivity index (χ0v) is 18.2. The van der Waals surface area contributed by atoms with Gasteiger partial charge in [0.15, 0.2) is 0 Å². The van der Waals surface area contributed by atoms with E-state index >= 15 is 0 Å². The number of nitrogens with zero attached hydrogens (tertiary/aromatic N) is 2. The molecule has 1 aromatic carbocycles. The van der Waals surface area contributed by atoms with Crippen LogP contribution in [0.5, 0.6) is 0 Å².